The van der Waals surface area contributed by atoms with Gasteiger partial charge in [-0.1, -0.05) is 0 Å². The van der Waals surface area contributed by atoms with Crippen molar-refractivity contribution in [2.75, 3.05) is 16.9 Å². The third-order valence-corrected chi connectivity index (χ3v) is 6.15. The molecule has 146 valence electrons. The Morgan fingerprint density at radius 3 is 2.63 bits per heavy atom. The van der Waals surface area contributed by atoms with Crippen LogP contribution < -0.4 is 5.43 Å². The van der Waals surface area contributed by atoms with Gasteiger partial charge in [0.2, 0.25) is 0 Å². The Morgan fingerprint density at radius 2 is 2.07 bits per heavy atom. The summed E-state index contributed by atoms with van der Waals surface area (Å²) in [6.07, 6.45) is -1.69. The smallest absolute Gasteiger partial charge is 0.265 e. The number of nitrogens with zero attached hydrogens (tertiary/aromatic N) is 4. The summed E-state index contributed by atoms with van der Waals surface area (Å²) in [4.78, 5) is 3.67. The standard InChI is InChI=1S/C16H18F3N5O2S/c1-10-14(11(2)24(23-10)13-5-6-27(25,26)9-13)8-21-22-15-4-3-12(7-20-15)16(17,18)19/h3-4,7-8,13H,5-6,9H2,1-2H3,(H,20,22)/b21-8-/t13-/m0/s1. The normalized spacial score (nSPS) is 19.7. The summed E-state index contributed by atoms with van der Waals surface area (Å²) in [5.74, 6) is 0.392. The molecular weight excluding hydrogens is 383 g/mol. The number of rotatable bonds is 4. The molecular formula is C16H18F3N5O2S. The van der Waals surface area contributed by atoms with Crippen molar-refractivity contribution >= 4 is 21.9 Å². The van der Waals surface area contributed by atoms with Crippen molar-refractivity contribution in [3.05, 3.63) is 40.8 Å². The van der Waals surface area contributed by atoms with E-state index in [2.05, 4.69) is 20.6 Å². The second-order valence-corrected chi connectivity index (χ2v) is 8.61. The van der Waals surface area contributed by atoms with Gasteiger partial charge in [-0.25, -0.2) is 13.4 Å². The van der Waals surface area contributed by atoms with E-state index in [0.717, 1.165) is 23.5 Å². The van der Waals surface area contributed by atoms with E-state index >= 15 is 0 Å². The van der Waals surface area contributed by atoms with E-state index in [9.17, 15) is 21.6 Å². The fourth-order valence-corrected chi connectivity index (χ4v) is 4.67. The second kappa shape index (κ2) is 6.95. The lowest BCUT2D eigenvalue weighted by atomic mass is 10.2. The van der Waals surface area contributed by atoms with Crippen LogP contribution in [0.15, 0.2) is 23.4 Å². The zero-order valence-electron chi connectivity index (χ0n) is 14.7. The SMILES string of the molecule is Cc1nn([C@H]2CCS(=O)(=O)C2)c(C)c1/C=N\Nc1ccc(C(F)(F)F)cn1. The largest absolute Gasteiger partial charge is 0.417 e. The highest BCUT2D eigenvalue weighted by atomic mass is 32.2. The molecule has 7 nitrogen and oxygen atoms in total. The molecule has 1 atom stereocenters. The molecule has 3 heterocycles. The zero-order chi connectivity index (χ0) is 19.8. The Bertz CT molecular complexity index is 965. The summed E-state index contributed by atoms with van der Waals surface area (Å²) in [5.41, 5.74) is 3.92. The van der Waals surface area contributed by atoms with Gasteiger partial charge in [0.25, 0.3) is 0 Å². The molecule has 1 saturated heterocycles. The lowest BCUT2D eigenvalue weighted by Crippen LogP contribution is -2.14. The topological polar surface area (TPSA) is 89.2 Å². The Morgan fingerprint density at radius 1 is 1.33 bits per heavy atom. The number of anilines is 1. The number of nitrogens with one attached hydrogen (secondary N) is 1. The third kappa shape index (κ3) is 4.29. The minimum absolute atomic E-state index is 0.0687. The van der Waals surface area contributed by atoms with E-state index < -0.39 is 21.6 Å². The minimum atomic E-state index is -4.44. The van der Waals surface area contributed by atoms with Crippen LogP contribution in [0.25, 0.3) is 0 Å². The lowest BCUT2D eigenvalue weighted by Gasteiger charge is -2.10. The quantitative estimate of drug-likeness (QED) is 0.629. The Hall–Kier alpha value is -2.43. The van der Waals surface area contributed by atoms with Gasteiger partial charge in [0.1, 0.15) is 5.82 Å². The van der Waals surface area contributed by atoms with Crippen molar-refractivity contribution in [2.24, 2.45) is 5.10 Å². The van der Waals surface area contributed by atoms with E-state index in [0.29, 0.717) is 12.1 Å². The van der Waals surface area contributed by atoms with Gasteiger partial charge in [0.15, 0.2) is 9.84 Å². The van der Waals surface area contributed by atoms with Crippen LogP contribution in [0.2, 0.25) is 0 Å². The Kier molecular flexibility index (Phi) is 4.98. The number of hydrazone groups is 1. The van der Waals surface area contributed by atoms with Gasteiger partial charge in [-0.3, -0.25) is 10.1 Å². The summed E-state index contributed by atoms with van der Waals surface area (Å²) >= 11 is 0. The maximum absolute atomic E-state index is 12.5. The first-order valence-corrected chi connectivity index (χ1v) is 9.97. The van der Waals surface area contributed by atoms with Crippen LogP contribution in [0, 0.1) is 13.8 Å². The van der Waals surface area contributed by atoms with E-state index in [-0.39, 0.29) is 23.4 Å². The van der Waals surface area contributed by atoms with Crippen LogP contribution in [0.1, 0.15) is 35.0 Å². The van der Waals surface area contributed by atoms with Gasteiger partial charge >= 0.3 is 6.18 Å². The van der Waals surface area contributed by atoms with Crippen LogP contribution in [0.4, 0.5) is 19.0 Å². The van der Waals surface area contributed by atoms with E-state index in [1.807, 2.05) is 6.92 Å². The van der Waals surface area contributed by atoms with Crippen LogP contribution in [0.3, 0.4) is 0 Å². The molecule has 2 aromatic heterocycles. The number of pyridine rings is 1. The molecule has 0 bridgehead atoms. The average molecular weight is 401 g/mol. The Balaban J connectivity index is 1.72. The monoisotopic (exact) mass is 401 g/mol. The number of halogens is 3. The Labute approximate surface area is 154 Å². The molecule has 1 aliphatic heterocycles. The van der Waals surface area contributed by atoms with Crippen molar-refractivity contribution in [1.29, 1.82) is 0 Å². The fourth-order valence-electron chi connectivity index (χ4n) is 2.98. The highest BCUT2D eigenvalue weighted by Crippen LogP contribution is 2.29. The summed E-state index contributed by atoms with van der Waals surface area (Å²) in [6, 6.07) is 1.91. The summed E-state index contributed by atoms with van der Waals surface area (Å²) in [6.45, 7) is 3.60. The van der Waals surface area contributed by atoms with Gasteiger partial charge in [-0.15, -0.1) is 0 Å². The number of hydrogen-bond donors (Lipinski definition) is 1. The zero-order valence-corrected chi connectivity index (χ0v) is 15.5. The van der Waals surface area contributed by atoms with Crippen LogP contribution in [-0.4, -0.2) is 40.9 Å². The highest BCUT2D eigenvalue weighted by Gasteiger charge is 2.31. The van der Waals surface area contributed by atoms with Crippen LogP contribution >= 0.6 is 0 Å². The van der Waals surface area contributed by atoms with E-state index in [4.69, 9.17) is 0 Å². The number of aromatic nitrogens is 3. The van der Waals surface area contributed by atoms with Crippen molar-refractivity contribution < 1.29 is 21.6 Å². The average Bonchev–Trinajstić information content (AvgIpc) is 3.07. The number of sulfone groups is 1. The molecule has 0 aliphatic carbocycles. The van der Waals surface area contributed by atoms with Crippen LogP contribution in [0.5, 0.6) is 0 Å². The molecule has 1 N–H and O–H groups in total. The van der Waals surface area contributed by atoms with E-state index in [1.165, 1.54) is 12.3 Å². The molecule has 0 spiro atoms. The lowest BCUT2D eigenvalue weighted by molar-refractivity contribution is -0.137. The van der Waals surface area contributed by atoms with Gasteiger partial charge in [-0.05, 0) is 32.4 Å². The van der Waals surface area contributed by atoms with Crippen LogP contribution in [-0.2, 0) is 16.0 Å². The molecule has 0 saturated carbocycles. The molecule has 0 unspecified atom stereocenters. The van der Waals surface area contributed by atoms with E-state index in [1.54, 1.807) is 11.6 Å². The molecule has 27 heavy (non-hydrogen) atoms. The highest BCUT2D eigenvalue weighted by molar-refractivity contribution is 7.91. The number of hydrogen-bond acceptors (Lipinski definition) is 6. The predicted octanol–water partition coefficient (Wildman–Crippen LogP) is 2.72. The maximum atomic E-state index is 12.5. The summed E-state index contributed by atoms with van der Waals surface area (Å²) < 4.78 is 62.6. The van der Waals surface area contributed by atoms with Gasteiger partial charge in [-0.2, -0.15) is 23.4 Å². The van der Waals surface area contributed by atoms with Gasteiger partial charge in [0, 0.05) is 17.5 Å². The number of aryl methyl sites for hydroxylation is 1. The molecule has 3 rings (SSSR count). The van der Waals surface area contributed by atoms with Crippen molar-refractivity contribution in [1.82, 2.24) is 14.8 Å². The maximum Gasteiger partial charge on any atom is 0.417 e. The fraction of sp³-hybridized carbons (Fsp3) is 0.438. The van der Waals surface area contributed by atoms with Crippen molar-refractivity contribution in [2.45, 2.75) is 32.5 Å². The molecule has 0 aromatic carbocycles. The number of alkyl halides is 3. The molecule has 1 fully saturated rings. The first-order valence-electron chi connectivity index (χ1n) is 8.15. The molecule has 1 aliphatic rings. The van der Waals surface area contributed by atoms with Gasteiger partial charge in [0.05, 0.1) is 35.0 Å². The molecule has 11 heteroatoms. The second-order valence-electron chi connectivity index (χ2n) is 6.39. The first-order chi connectivity index (χ1) is 12.6. The summed E-state index contributed by atoms with van der Waals surface area (Å²) in [7, 11) is -3.03. The summed E-state index contributed by atoms with van der Waals surface area (Å²) in [5, 5.41) is 8.42. The third-order valence-electron chi connectivity index (χ3n) is 4.40. The minimum Gasteiger partial charge on any atom is -0.265 e. The first kappa shape index (κ1) is 19.3. The molecule has 2 aromatic rings. The van der Waals surface area contributed by atoms with Crippen molar-refractivity contribution in [3.63, 3.8) is 0 Å². The van der Waals surface area contributed by atoms with Crippen molar-refractivity contribution in [3.8, 4) is 0 Å². The van der Waals surface area contributed by atoms with Gasteiger partial charge < -0.3 is 0 Å². The predicted molar refractivity (Wildman–Crippen MR) is 94.5 cm³/mol. The molecule has 0 radical (unpaired) electrons. The molecule has 0 amide bonds.